The van der Waals surface area contributed by atoms with Gasteiger partial charge in [-0.05, 0) is 47.0 Å². The van der Waals surface area contributed by atoms with Crippen LogP contribution in [0.3, 0.4) is 0 Å². The van der Waals surface area contributed by atoms with Crippen molar-refractivity contribution in [2.24, 2.45) is 11.3 Å². The topological polar surface area (TPSA) is 50.1 Å². The molecule has 0 fully saturated rings. The number of rotatable bonds is 6. The van der Waals surface area contributed by atoms with Crippen LogP contribution in [0.1, 0.15) is 67.2 Å². The van der Waals surface area contributed by atoms with Gasteiger partial charge in [-0.25, -0.2) is 0 Å². The maximum absolute atomic E-state index is 11.8. The van der Waals surface area contributed by atoms with Gasteiger partial charge in [-0.2, -0.15) is 5.26 Å². The number of ether oxygens (including phenoxy) is 1. The first-order valence-corrected chi connectivity index (χ1v) is 6.77. The fraction of sp³-hybridized carbons (Fsp3) is 0.867. The molecule has 0 aliphatic heterocycles. The van der Waals surface area contributed by atoms with Crippen molar-refractivity contribution in [3.63, 3.8) is 0 Å². The largest absolute Gasteiger partial charge is 0.460 e. The summed E-state index contributed by atoms with van der Waals surface area (Å²) in [4.78, 5) is 11.8. The summed E-state index contributed by atoms with van der Waals surface area (Å²) < 4.78 is 5.34. The Hall–Kier alpha value is -1.04. The van der Waals surface area contributed by atoms with Gasteiger partial charge in [0.2, 0.25) is 0 Å². The van der Waals surface area contributed by atoms with Crippen LogP contribution < -0.4 is 0 Å². The van der Waals surface area contributed by atoms with Crippen LogP contribution in [0.25, 0.3) is 0 Å². The van der Waals surface area contributed by atoms with Crippen molar-refractivity contribution in [1.29, 1.82) is 5.26 Å². The summed E-state index contributed by atoms with van der Waals surface area (Å²) in [6.07, 6.45) is 3.33. The second-order valence-corrected chi connectivity index (χ2v) is 6.40. The Morgan fingerprint density at radius 2 is 1.83 bits per heavy atom. The molecule has 0 aromatic heterocycles. The molecule has 2 unspecified atom stereocenters. The highest BCUT2D eigenvalue weighted by Crippen LogP contribution is 2.30. The predicted molar refractivity (Wildman–Crippen MR) is 72.9 cm³/mol. The van der Waals surface area contributed by atoms with Gasteiger partial charge >= 0.3 is 5.97 Å². The van der Waals surface area contributed by atoms with E-state index in [1.165, 1.54) is 0 Å². The van der Waals surface area contributed by atoms with Gasteiger partial charge in [0.25, 0.3) is 0 Å². The summed E-state index contributed by atoms with van der Waals surface area (Å²) in [5.41, 5.74) is -0.752. The van der Waals surface area contributed by atoms with Crippen molar-refractivity contribution in [3.8, 4) is 6.07 Å². The zero-order valence-electron chi connectivity index (χ0n) is 12.7. The van der Waals surface area contributed by atoms with Crippen molar-refractivity contribution in [2.75, 3.05) is 0 Å². The van der Waals surface area contributed by atoms with E-state index in [0.717, 1.165) is 19.3 Å². The van der Waals surface area contributed by atoms with E-state index in [9.17, 15) is 10.1 Å². The summed E-state index contributed by atoms with van der Waals surface area (Å²) in [5.74, 6) is -0.312. The van der Waals surface area contributed by atoms with Gasteiger partial charge in [-0.3, -0.25) is 4.79 Å². The molecule has 0 amide bonds. The molecular weight excluding hydrogens is 226 g/mol. The van der Waals surface area contributed by atoms with Gasteiger partial charge in [0.1, 0.15) is 5.60 Å². The average molecular weight is 253 g/mol. The summed E-state index contributed by atoms with van der Waals surface area (Å²) in [7, 11) is 0. The van der Waals surface area contributed by atoms with E-state index in [1.54, 1.807) is 0 Å². The summed E-state index contributed by atoms with van der Waals surface area (Å²) in [5, 5.41) is 9.19. The maximum atomic E-state index is 11.8. The fourth-order valence-electron chi connectivity index (χ4n) is 1.84. The van der Waals surface area contributed by atoms with Crippen molar-refractivity contribution in [2.45, 2.75) is 72.8 Å². The molecular formula is C15H27NO2. The molecule has 18 heavy (non-hydrogen) atoms. The number of carbonyl (C=O) groups is 1. The lowest BCUT2D eigenvalue weighted by Gasteiger charge is -2.25. The molecule has 0 aliphatic rings. The molecule has 0 bridgehead atoms. The Kier molecular flexibility index (Phi) is 6.38. The van der Waals surface area contributed by atoms with Crippen molar-refractivity contribution >= 4 is 5.97 Å². The molecule has 0 saturated heterocycles. The molecule has 0 aromatic rings. The van der Waals surface area contributed by atoms with Crippen LogP contribution in [0.15, 0.2) is 0 Å². The Morgan fingerprint density at radius 3 is 2.22 bits per heavy atom. The lowest BCUT2D eigenvalue weighted by atomic mass is 9.81. The SMILES string of the molecule is CCCC(C)(C#N)CCC(C)C(=O)OC(C)(C)C. The Labute approximate surface area is 112 Å². The molecule has 3 heteroatoms. The molecule has 0 heterocycles. The van der Waals surface area contributed by atoms with E-state index in [2.05, 4.69) is 13.0 Å². The molecule has 0 aromatic carbocycles. The Morgan fingerprint density at radius 1 is 1.28 bits per heavy atom. The van der Waals surface area contributed by atoms with Crippen LogP contribution in [0, 0.1) is 22.7 Å². The summed E-state index contributed by atoms with van der Waals surface area (Å²) in [6.45, 7) is 11.5. The minimum absolute atomic E-state index is 0.145. The highest BCUT2D eigenvalue weighted by atomic mass is 16.6. The number of esters is 1. The van der Waals surface area contributed by atoms with E-state index < -0.39 is 5.60 Å². The third kappa shape index (κ3) is 6.64. The molecule has 2 atom stereocenters. The maximum Gasteiger partial charge on any atom is 0.309 e. The van der Waals surface area contributed by atoms with Crippen LogP contribution >= 0.6 is 0 Å². The number of hydrogen-bond acceptors (Lipinski definition) is 3. The van der Waals surface area contributed by atoms with Gasteiger partial charge in [-0.1, -0.05) is 20.3 Å². The average Bonchev–Trinajstić information content (AvgIpc) is 2.24. The first-order chi connectivity index (χ1) is 8.13. The quantitative estimate of drug-likeness (QED) is 0.670. The lowest BCUT2D eigenvalue weighted by molar-refractivity contribution is -0.159. The molecule has 0 aliphatic carbocycles. The zero-order valence-corrected chi connectivity index (χ0v) is 12.7. The Balaban J connectivity index is 4.29. The van der Waals surface area contributed by atoms with Crippen LogP contribution in [0.5, 0.6) is 0 Å². The third-order valence-electron chi connectivity index (χ3n) is 3.01. The van der Waals surface area contributed by atoms with Gasteiger partial charge in [0.05, 0.1) is 17.4 Å². The van der Waals surface area contributed by atoms with Crippen LogP contribution in [-0.2, 0) is 9.53 Å². The minimum Gasteiger partial charge on any atom is -0.460 e. The van der Waals surface area contributed by atoms with Crippen molar-refractivity contribution < 1.29 is 9.53 Å². The number of hydrogen-bond donors (Lipinski definition) is 0. The normalized spacial score (nSPS) is 16.5. The van der Waals surface area contributed by atoms with Crippen LogP contribution in [0.4, 0.5) is 0 Å². The molecule has 104 valence electrons. The first kappa shape index (κ1) is 17.0. The molecule has 0 rings (SSSR count). The number of nitriles is 1. The molecule has 0 saturated carbocycles. The van der Waals surface area contributed by atoms with E-state index in [4.69, 9.17) is 4.74 Å². The lowest BCUT2D eigenvalue weighted by Crippen LogP contribution is -2.28. The summed E-state index contributed by atoms with van der Waals surface area (Å²) in [6, 6.07) is 2.37. The van der Waals surface area contributed by atoms with Gasteiger partial charge in [0, 0.05) is 0 Å². The molecule has 0 radical (unpaired) electrons. The highest BCUT2D eigenvalue weighted by Gasteiger charge is 2.27. The second kappa shape index (κ2) is 6.78. The Bertz CT molecular complexity index is 311. The first-order valence-electron chi connectivity index (χ1n) is 6.77. The summed E-state index contributed by atoms with van der Waals surface area (Å²) >= 11 is 0. The van der Waals surface area contributed by atoms with Gasteiger partial charge in [0.15, 0.2) is 0 Å². The molecule has 3 nitrogen and oxygen atoms in total. The van der Waals surface area contributed by atoms with E-state index in [1.807, 2.05) is 34.6 Å². The van der Waals surface area contributed by atoms with Crippen LogP contribution in [-0.4, -0.2) is 11.6 Å². The van der Waals surface area contributed by atoms with E-state index in [0.29, 0.717) is 6.42 Å². The second-order valence-electron chi connectivity index (χ2n) is 6.40. The number of nitrogens with zero attached hydrogens (tertiary/aromatic N) is 1. The zero-order chi connectivity index (χ0) is 14.4. The minimum atomic E-state index is -0.437. The standard InChI is InChI=1S/C15H27NO2/c1-7-9-15(6,11-16)10-8-12(2)13(17)18-14(3,4)5/h12H,7-10H2,1-6H3. The fourth-order valence-corrected chi connectivity index (χ4v) is 1.84. The third-order valence-corrected chi connectivity index (χ3v) is 3.01. The van der Waals surface area contributed by atoms with Crippen molar-refractivity contribution in [3.05, 3.63) is 0 Å². The highest BCUT2D eigenvalue weighted by molar-refractivity contribution is 5.72. The predicted octanol–water partition coefficient (Wildman–Crippen LogP) is 4.07. The number of carbonyl (C=O) groups excluding carboxylic acids is 1. The smallest absolute Gasteiger partial charge is 0.309 e. The van der Waals surface area contributed by atoms with Gasteiger partial charge < -0.3 is 4.74 Å². The van der Waals surface area contributed by atoms with Crippen molar-refractivity contribution in [1.82, 2.24) is 0 Å². The molecule has 0 N–H and O–H groups in total. The van der Waals surface area contributed by atoms with E-state index >= 15 is 0 Å². The monoisotopic (exact) mass is 253 g/mol. The van der Waals surface area contributed by atoms with E-state index in [-0.39, 0.29) is 17.3 Å². The molecule has 0 spiro atoms. The van der Waals surface area contributed by atoms with Gasteiger partial charge in [-0.15, -0.1) is 0 Å². The van der Waals surface area contributed by atoms with Crippen LogP contribution in [0.2, 0.25) is 0 Å².